The third-order valence-corrected chi connectivity index (χ3v) is 2.27. The Balaban J connectivity index is 2.60. The van der Waals surface area contributed by atoms with Gasteiger partial charge in [0.25, 0.3) is 5.56 Å². The summed E-state index contributed by atoms with van der Waals surface area (Å²) >= 11 is 0. The van der Waals surface area contributed by atoms with Gasteiger partial charge < -0.3 is 14.6 Å². The zero-order valence-electron chi connectivity index (χ0n) is 10.9. The number of nitrogens with one attached hydrogen (secondary N) is 1. The van der Waals surface area contributed by atoms with Crippen molar-refractivity contribution in [2.45, 2.75) is 39.8 Å². The van der Waals surface area contributed by atoms with Crippen LogP contribution in [-0.2, 0) is 4.74 Å². The van der Waals surface area contributed by atoms with Gasteiger partial charge >= 0.3 is 0 Å². The summed E-state index contributed by atoms with van der Waals surface area (Å²) in [6.45, 7) is 9.04. The molecular weight excluding hydrogens is 218 g/mol. The maximum Gasteiger partial charge on any atom is 0.293 e. The van der Waals surface area contributed by atoms with Crippen molar-refractivity contribution in [3.8, 4) is 0 Å². The predicted molar refractivity (Wildman–Crippen MR) is 68.5 cm³/mol. The Bertz CT molecular complexity index is 399. The highest BCUT2D eigenvalue weighted by Crippen LogP contribution is 2.01. The molecule has 0 saturated carbocycles. The van der Waals surface area contributed by atoms with E-state index in [1.807, 2.05) is 27.7 Å². The largest absolute Gasteiger partial charge is 0.377 e. The minimum Gasteiger partial charge on any atom is -0.377 e. The van der Waals surface area contributed by atoms with Gasteiger partial charge in [0.1, 0.15) is 0 Å². The van der Waals surface area contributed by atoms with Crippen molar-refractivity contribution in [3.63, 3.8) is 0 Å². The molecule has 0 aliphatic heterocycles. The average molecular weight is 239 g/mol. The molecule has 0 amide bonds. The molecular formula is C12H21N3O2. The molecule has 17 heavy (non-hydrogen) atoms. The first-order valence-electron chi connectivity index (χ1n) is 5.95. The van der Waals surface area contributed by atoms with E-state index in [1.165, 1.54) is 0 Å². The van der Waals surface area contributed by atoms with Crippen molar-refractivity contribution in [2.75, 3.05) is 18.5 Å². The highest BCUT2D eigenvalue weighted by atomic mass is 16.5. The zero-order valence-corrected chi connectivity index (χ0v) is 10.9. The molecule has 1 N–H and O–H groups in total. The Kier molecular flexibility index (Phi) is 5.15. The topological polar surface area (TPSA) is 56.1 Å². The van der Waals surface area contributed by atoms with E-state index in [-0.39, 0.29) is 17.7 Å². The van der Waals surface area contributed by atoms with Crippen LogP contribution < -0.4 is 10.9 Å². The number of hydrogen-bond acceptors (Lipinski definition) is 4. The zero-order chi connectivity index (χ0) is 12.8. The molecule has 1 heterocycles. The second-order valence-corrected chi connectivity index (χ2v) is 4.43. The lowest BCUT2D eigenvalue weighted by Crippen LogP contribution is -2.27. The lowest BCUT2D eigenvalue weighted by Gasteiger charge is -2.12. The van der Waals surface area contributed by atoms with Crippen LogP contribution in [0, 0.1) is 0 Å². The molecule has 0 aliphatic carbocycles. The summed E-state index contributed by atoms with van der Waals surface area (Å²) < 4.78 is 7.03. The van der Waals surface area contributed by atoms with Gasteiger partial charge in [0.05, 0.1) is 12.7 Å². The summed E-state index contributed by atoms with van der Waals surface area (Å²) in [5, 5.41) is 2.99. The fraction of sp³-hybridized carbons (Fsp3) is 0.667. The first-order chi connectivity index (χ1) is 8.02. The summed E-state index contributed by atoms with van der Waals surface area (Å²) in [5.74, 6) is 0.383. The summed E-state index contributed by atoms with van der Waals surface area (Å²) in [7, 11) is 0. The molecule has 1 aromatic rings. The van der Waals surface area contributed by atoms with Gasteiger partial charge in [-0.25, -0.2) is 4.98 Å². The van der Waals surface area contributed by atoms with Crippen LogP contribution in [0.1, 0.15) is 33.7 Å². The molecule has 0 atom stereocenters. The van der Waals surface area contributed by atoms with E-state index in [1.54, 1.807) is 17.0 Å². The van der Waals surface area contributed by atoms with Gasteiger partial charge in [-0.2, -0.15) is 0 Å². The third-order valence-electron chi connectivity index (χ3n) is 2.27. The van der Waals surface area contributed by atoms with Crippen LogP contribution in [-0.4, -0.2) is 28.8 Å². The fourth-order valence-electron chi connectivity index (χ4n) is 1.42. The molecule has 96 valence electrons. The molecule has 5 nitrogen and oxygen atoms in total. The van der Waals surface area contributed by atoms with Crippen LogP contribution in [0.25, 0.3) is 0 Å². The molecule has 0 radical (unpaired) electrons. The quantitative estimate of drug-likeness (QED) is 0.767. The van der Waals surface area contributed by atoms with Gasteiger partial charge in [-0.15, -0.1) is 0 Å². The standard InChI is InChI=1S/C12H21N3O2/c1-9(2)15-7-5-13-11(12(15)16)14-6-8-17-10(3)4/h5,7,9-10H,6,8H2,1-4H3,(H,13,14). The maximum atomic E-state index is 11.9. The van der Waals surface area contributed by atoms with Crippen molar-refractivity contribution in [3.05, 3.63) is 22.7 Å². The Morgan fingerprint density at radius 3 is 2.71 bits per heavy atom. The van der Waals surface area contributed by atoms with Gasteiger partial charge in [-0.1, -0.05) is 0 Å². The SMILES string of the molecule is CC(C)OCCNc1nccn(C(C)C)c1=O. The molecule has 1 aromatic heterocycles. The number of hydrogen-bond donors (Lipinski definition) is 1. The lowest BCUT2D eigenvalue weighted by atomic mass is 10.4. The summed E-state index contributed by atoms with van der Waals surface area (Å²) in [6, 6.07) is 0.137. The van der Waals surface area contributed by atoms with Crippen LogP contribution >= 0.6 is 0 Å². The Morgan fingerprint density at radius 1 is 1.41 bits per heavy atom. The first kappa shape index (κ1) is 13.7. The molecule has 0 bridgehead atoms. The van der Waals surface area contributed by atoms with Gasteiger partial charge in [-0.3, -0.25) is 4.79 Å². The number of rotatable bonds is 6. The number of nitrogens with zero attached hydrogens (tertiary/aromatic N) is 2. The Hall–Kier alpha value is -1.36. The van der Waals surface area contributed by atoms with Crippen molar-refractivity contribution in [2.24, 2.45) is 0 Å². The minimum atomic E-state index is -0.0907. The average Bonchev–Trinajstić information content (AvgIpc) is 2.25. The first-order valence-corrected chi connectivity index (χ1v) is 5.95. The van der Waals surface area contributed by atoms with Crippen LogP contribution in [0.4, 0.5) is 5.82 Å². The number of anilines is 1. The highest BCUT2D eigenvalue weighted by Gasteiger charge is 2.06. The molecule has 0 fully saturated rings. The normalized spacial score (nSPS) is 11.2. The molecule has 0 aliphatic rings. The number of ether oxygens (including phenoxy) is 1. The third kappa shape index (κ3) is 4.19. The monoisotopic (exact) mass is 239 g/mol. The van der Waals surface area contributed by atoms with E-state index in [4.69, 9.17) is 4.74 Å². The summed E-state index contributed by atoms with van der Waals surface area (Å²) in [4.78, 5) is 16.0. The van der Waals surface area contributed by atoms with Gasteiger partial charge in [-0.05, 0) is 27.7 Å². The van der Waals surface area contributed by atoms with Crippen LogP contribution in [0.5, 0.6) is 0 Å². The second kappa shape index (κ2) is 6.39. The van der Waals surface area contributed by atoms with Gasteiger partial charge in [0.2, 0.25) is 0 Å². The molecule has 1 rings (SSSR count). The minimum absolute atomic E-state index is 0.0907. The van der Waals surface area contributed by atoms with Gasteiger partial charge in [0.15, 0.2) is 5.82 Å². The van der Waals surface area contributed by atoms with E-state index in [9.17, 15) is 4.79 Å². The summed E-state index contributed by atoms with van der Waals surface area (Å²) in [6.07, 6.45) is 3.53. The van der Waals surface area contributed by atoms with Crippen molar-refractivity contribution in [1.29, 1.82) is 0 Å². The smallest absolute Gasteiger partial charge is 0.293 e. The lowest BCUT2D eigenvalue weighted by molar-refractivity contribution is 0.0870. The summed E-state index contributed by atoms with van der Waals surface area (Å²) in [5.41, 5.74) is -0.0907. The van der Waals surface area contributed by atoms with E-state index in [0.717, 1.165) is 0 Å². The second-order valence-electron chi connectivity index (χ2n) is 4.43. The van der Waals surface area contributed by atoms with E-state index >= 15 is 0 Å². The fourth-order valence-corrected chi connectivity index (χ4v) is 1.42. The van der Waals surface area contributed by atoms with Crippen LogP contribution in [0.3, 0.4) is 0 Å². The molecule has 0 aromatic carbocycles. The van der Waals surface area contributed by atoms with Crippen molar-refractivity contribution in [1.82, 2.24) is 9.55 Å². The molecule has 0 unspecified atom stereocenters. The number of aromatic nitrogens is 2. The maximum absolute atomic E-state index is 11.9. The Morgan fingerprint density at radius 2 is 2.12 bits per heavy atom. The van der Waals surface area contributed by atoms with Crippen LogP contribution in [0.2, 0.25) is 0 Å². The molecule has 0 saturated heterocycles. The van der Waals surface area contributed by atoms with Crippen molar-refractivity contribution >= 4 is 5.82 Å². The Labute approximate surface area is 102 Å². The predicted octanol–water partition coefficient (Wildman–Crippen LogP) is 1.66. The van der Waals surface area contributed by atoms with Crippen molar-refractivity contribution < 1.29 is 4.74 Å². The van der Waals surface area contributed by atoms with E-state index < -0.39 is 0 Å². The van der Waals surface area contributed by atoms with E-state index in [2.05, 4.69) is 10.3 Å². The van der Waals surface area contributed by atoms with Crippen LogP contribution in [0.15, 0.2) is 17.2 Å². The molecule has 0 spiro atoms. The highest BCUT2D eigenvalue weighted by molar-refractivity contribution is 5.30. The van der Waals surface area contributed by atoms with E-state index in [0.29, 0.717) is 19.0 Å². The molecule has 5 heteroatoms. The van der Waals surface area contributed by atoms with Gasteiger partial charge in [0, 0.05) is 25.0 Å².